The van der Waals surface area contributed by atoms with Crippen LogP contribution in [0, 0.1) is 11.8 Å². The molecule has 2 bridgehead atoms. The van der Waals surface area contributed by atoms with Crippen LogP contribution >= 0.6 is 11.3 Å². The molecule has 3 rings (SSSR count). The summed E-state index contributed by atoms with van der Waals surface area (Å²) in [7, 11) is 2.93. The second kappa shape index (κ2) is 16.5. The van der Waals surface area contributed by atoms with Gasteiger partial charge in [-0.25, -0.2) is 4.79 Å². The number of nitrogens with one attached hydrogen (secondary N) is 2. The highest BCUT2D eigenvalue weighted by molar-refractivity contribution is 7.07. The van der Waals surface area contributed by atoms with Gasteiger partial charge in [0.15, 0.2) is 6.10 Å². The van der Waals surface area contributed by atoms with Crippen LogP contribution in [-0.2, 0) is 35.1 Å². The molecule has 1 aliphatic carbocycles. The second-order valence-corrected chi connectivity index (χ2v) is 12.2. The summed E-state index contributed by atoms with van der Waals surface area (Å²) >= 11 is 1.53. The van der Waals surface area contributed by atoms with E-state index in [2.05, 4.69) is 10.6 Å². The number of aliphatic hydroxyl groups excluding tert-OH is 1. The van der Waals surface area contributed by atoms with Crippen LogP contribution in [0.4, 0.5) is 4.79 Å². The Morgan fingerprint density at radius 1 is 1.18 bits per heavy atom. The third-order valence-corrected chi connectivity index (χ3v) is 8.58. The molecule has 0 saturated carbocycles. The molecule has 5 N–H and O–H groups in total. The lowest BCUT2D eigenvalue weighted by molar-refractivity contribution is -0.120. The monoisotopic (exact) mass is 641 g/mol. The van der Waals surface area contributed by atoms with Crippen LogP contribution in [0.3, 0.4) is 0 Å². The van der Waals surface area contributed by atoms with E-state index in [1.54, 1.807) is 32.1 Å². The molecule has 6 atom stereocenters. The number of rotatable bonds is 6. The van der Waals surface area contributed by atoms with Crippen LogP contribution < -0.4 is 16.4 Å². The van der Waals surface area contributed by atoms with E-state index in [-0.39, 0.29) is 34.9 Å². The van der Waals surface area contributed by atoms with Crippen molar-refractivity contribution in [3.05, 3.63) is 80.9 Å². The highest BCUT2D eigenvalue weighted by atomic mass is 32.1. The van der Waals surface area contributed by atoms with Crippen molar-refractivity contribution < 1.29 is 38.5 Å². The maximum absolute atomic E-state index is 13.8. The number of hydrogen-bond acceptors (Lipinski definition) is 10. The smallest absolute Gasteiger partial charge is 0.405 e. The third-order valence-electron chi connectivity index (χ3n) is 7.84. The van der Waals surface area contributed by atoms with Gasteiger partial charge in [0.1, 0.15) is 6.10 Å². The van der Waals surface area contributed by atoms with Gasteiger partial charge in [0.25, 0.3) is 5.91 Å². The molecule has 0 aromatic carbocycles. The largest absolute Gasteiger partial charge is 0.439 e. The summed E-state index contributed by atoms with van der Waals surface area (Å²) in [5.74, 6) is -2.10. The zero-order chi connectivity index (χ0) is 33.3. The van der Waals surface area contributed by atoms with Crippen LogP contribution in [0.1, 0.15) is 46.1 Å². The lowest BCUT2D eigenvalue weighted by atomic mass is 9.85. The number of fused-ring (bicyclic) bond motifs is 2. The zero-order valence-electron chi connectivity index (χ0n) is 26.5. The topological polar surface area (TPSA) is 166 Å². The minimum atomic E-state index is -0.999. The number of thiophene rings is 1. The highest BCUT2D eigenvalue weighted by Gasteiger charge is 2.33. The van der Waals surface area contributed by atoms with Gasteiger partial charge in [-0.1, -0.05) is 38.2 Å². The fraction of sp³-hybridized carbons (Fsp3) is 0.455. The SMILES string of the molecule is CO[C@H]1/C=C\C=C(/C)C(=O)NC2=CC(=O)C(NCc3ccsc3)=C(C[C@@H](C)C[C@H](OC)[C@H](O)[C@@H](C)/C=C(\C)[C@@H]1OC(N)=O)C2=O. The molecule has 1 aromatic rings. The van der Waals surface area contributed by atoms with Gasteiger partial charge < -0.3 is 35.7 Å². The second-order valence-electron chi connectivity index (χ2n) is 11.4. The molecule has 2 aliphatic rings. The molecule has 11 nitrogen and oxygen atoms in total. The van der Waals surface area contributed by atoms with E-state index in [9.17, 15) is 24.3 Å². The van der Waals surface area contributed by atoms with Crippen LogP contribution in [0.15, 0.2) is 75.3 Å². The van der Waals surface area contributed by atoms with Gasteiger partial charge in [-0.3, -0.25) is 14.4 Å². The summed E-state index contributed by atoms with van der Waals surface area (Å²) < 4.78 is 16.6. The molecule has 1 aromatic heterocycles. The Balaban J connectivity index is 2.06. The van der Waals surface area contributed by atoms with Crippen molar-refractivity contribution in [2.75, 3.05) is 14.2 Å². The molecule has 2 amide bonds. The summed E-state index contributed by atoms with van der Waals surface area (Å²) in [5.41, 5.74) is 7.48. The number of methoxy groups -OCH3 is 2. The number of carbonyl (C=O) groups excluding carboxylic acids is 4. The van der Waals surface area contributed by atoms with Crippen molar-refractivity contribution in [1.29, 1.82) is 0 Å². The summed E-state index contributed by atoms with van der Waals surface area (Å²) in [6.07, 6.45) is 3.84. The molecule has 1 aliphatic heterocycles. The Hall–Kier alpha value is -3.84. The maximum Gasteiger partial charge on any atom is 0.405 e. The van der Waals surface area contributed by atoms with E-state index in [1.807, 2.05) is 30.7 Å². The number of ether oxygens (including phenoxy) is 3. The third kappa shape index (κ3) is 9.57. The van der Waals surface area contributed by atoms with Crippen molar-refractivity contribution in [1.82, 2.24) is 10.6 Å². The van der Waals surface area contributed by atoms with Gasteiger partial charge in [-0.15, -0.1) is 0 Å². The van der Waals surface area contributed by atoms with Crippen LogP contribution in [-0.4, -0.2) is 67.3 Å². The molecule has 12 heteroatoms. The van der Waals surface area contributed by atoms with E-state index in [1.165, 1.54) is 31.6 Å². The molecule has 0 saturated heterocycles. The zero-order valence-corrected chi connectivity index (χ0v) is 27.3. The summed E-state index contributed by atoms with van der Waals surface area (Å²) in [6.45, 7) is 7.37. The van der Waals surface area contributed by atoms with Gasteiger partial charge in [0, 0.05) is 43.9 Å². The van der Waals surface area contributed by atoms with Crippen molar-refractivity contribution in [3.8, 4) is 0 Å². The van der Waals surface area contributed by atoms with Crippen molar-refractivity contribution in [2.24, 2.45) is 17.6 Å². The van der Waals surface area contributed by atoms with Crippen LogP contribution in [0.2, 0.25) is 0 Å². The minimum Gasteiger partial charge on any atom is -0.439 e. The average molecular weight is 642 g/mol. The fourth-order valence-corrected chi connectivity index (χ4v) is 6.03. The van der Waals surface area contributed by atoms with E-state index in [0.717, 1.165) is 11.6 Å². The van der Waals surface area contributed by atoms with Crippen molar-refractivity contribution in [2.45, 2.75) is 71.5 Å². The Labute approximate surface area is 267 Å². The van der Waals surface area contributed by atoms with Gasteiger partial charge in [0.2, 0.25) is 11.6 Å². The highest BCUT2D eigenvalue weighted by Crippen LogP contribution is 2.29. The molecule has 0 unspecified atom stereocenters. The van der Waals surface area contributed by atoms with Crippen molar-refractivity contribution in [3.63, 3.8) is 0 Å². The molecular weight excluding hydrogens is 598 g/mol. The first-order chi connectivity index (χ1) is 21.4. The number of aliphatic hydroxyl groups is 1. The molecular formula is C33H43N3O8S. The Morgan fingerprint density at radius 2 is 1.91 bits per heavy atom. The molecule has 244 valence electrons. The Kier molecular flexibility index (Phi) is 13.0. The number of ketones is 2. The first-order valence-corrected chi connectivity index (χ1v) is 15.6. The number of allylic oxidation sites excluding steroid dienone is 4. The Morgan fingerprint density at radius 3 is 2.53 bits per heavy atom. The average Bonchev–Trinajstić information content (AvgIpc) is 3.51. The lowest BCUT2D eigenvalue weighted by Crippen LogP contribution is -2.37. The molecule has 0 fully saturated rings. The van der Waals surface area contributed by atoms with Crippen LogP contribution in [0.5, 0.6) is 0 Å². The fourth-order valence-electron chi connectivity index (χ4n) is 5.36. The van der Waals surface area contributed by atoms with Gasteiger partial charge in [0.05, 0.1) is 23.6 Å². The van der Waals surface area contributed by atoms with E-state index in [0.29, 0.717) is 18.5 Å². The predicted molar refractivity (Wildman–Crippen MR) is 171 cm³/mol. The van der Waals surface area contributed by atoms with E-state index in [4.69, 9.17) is 19.9 Å². The number of Topliss-reactive ketones (excluding diaryl/α,β-unsaturated/α-hetero) is 1. The molecule has 2 heterocycles. The number of amides is 2. The number of primary amides is 1. The number of carbonyl (C=O) groups is 4. The van der Waals surface area contributed by atoms with Crippen molar-refractivity contribution >= 4 is 34.9 Å². The van der Waals surface area contributed by atoms with Gasteiger partial charge >= 0.3 is 6.09 Å². The minimum absolute atomic E-state index is 0.121. The lowest BCUT2D eigenvalue weighted by Gasteiger charge is -2.30. The summed E-state index contributed by atoms with van der Waals surface area (Å²) in [4.78, 5) is 52.0. The predicted octanol–water partition coefficient (Wildman–Crippen LogP) is 3.61. The van der Waals surface area contributed by atoms with Crippen LogP contribution in [0.25, 0.3) is 0 Å². The summed E-state index contributed by atoms with van der Waals surface area (Å²) in [6, 6.07) is 1.93. The molecule has 0 radical (unpaired) electrons. The number of hydrogen-bond donors (Lipinski definition) is 4. The van der Waals surface area contributed by atoms with Gasteiger partial charge in [-0.2, -0.15) is 11.3 Å². The molecule has 45 heavy (non-hydrogen) atoms. The standard InChI is InChI=1S/C33H43N3O8S/c1-18-12-23-28(35-16-22-10-11-45-17-22)25(37)15-24(30(23)39)36-32(40)19(2)8-7-9-26(42-5)31(44-33(34)41)21(4)14-20(3)29(38)27(13-18)43-6/h7-11,14-15,17-18,20,26-27,29,31,35,38H,12-13,16H2,1-6H3,(H2,34,41)(H,36,40)/b9-7-,19-8+,21-14+/t18-,20+,26+,27+,29-,31+/m1/s1. The molecule has 0 spiro atoms. The normalized spacial score (nSPS) is 30.4. The first-order valence-electron chi connectivity index (χ1n) is 14.7. The summed E-state index contributed by atoms with van der Waals surface area (Å²) in [5, 5.41) is 20.9. The van der Waals surface area contributed by atoms with Gasteiger partial charge in [-0.05, 0) is 60.6 Å². The number of nitrogens with two attached hydrogens (primary N) is 1. The quantitative estimate of drug-likeness (QED) is 0.268. The maximum atomic E-state index is 13.8. The van der Waals surface area contributed by atoms with E-state index < -0.39 is 53.9 Å². The first kappa shape index (κ1) is 35.6. The Bertz CT molecular complexity index is 1410. The van der Waals surface area contributed by atoms with E-state index >= 15 is 0 Å².